The molecule has 0 aliphatic carbocycles. The number of amidine groups is 1. The van der Waals surface area contributed by atoms with Gasteiger partial charge in [-0.15, -0.1) is 0 Å². The van der Waals surface area contributed by atoms with Crippen molar-refractivity contribution < 1.29 is 14.3 Å². The smallest absolute Gasteiger partial charge is 0.339 e. The number of nitrogens with zero attached hydrogens (tertiary/aromatic N) is 3. The summed E-state index contributed by atoms with van der Waals surface area (Å²) in [6.45, 7) is 5.47. The molecule has 0 fully saturated rings. The van der Waals surface area contributed by atoms with E-state index in [4.69, 9.17) is 10.5 Å². The van der Waals surface area contributed by atoms with E-state index in [0.717, 1.165) is 12.8 Å². The second-order valence-corrected chi connectivity index (χ2v) is 5.86. The molecule has 2 rings (SSSR count). The summed E-state index contributed by atoms with van der Waals surface area (Å²) in [7, 11) is 1.30. The molecule has 0 atom stereocenters. The van der Waals surface area contributed by atoms with E-state index < -0.39 is 5.97 Å². The van der Waals surface area contributed by atoms with Crippen LogP contribution in [0.2, 0.25) is 0 Å². The number of hydrogen-bond donors (Lipinski definition) is 1. The van der Waals surface area contributed by atoms with Crippen LogP contribution in [0, 0.1) is 0 Å². The molecule has 1 aromatic rings. The highest BCUT2D eigenvalue weighted by Gasteiger charge is 2.22. The number of carbonyl (C=O) groups excluding carboxylic acids is 2. The number of esters is 1. The van der Waals surface area contributed by atoms with Crippen LogP contribution in [0.4, 0.5) is 5.69 Å². The molecule has 7 nitrogen and oxygen atoms in total. The highest BCUT2D eigenvalue weighted by atomic mass is 16.5. The van der Waals surface area contributed by atoms with Gasteiger partial charge in [-0.25, -0.2) is 9.79 Å². The number of methoxy groups -OCH3 is 1. The monoisotopic (exact) mass is 344 g/mol. The van der Waals surface area contributed by atoms with Gasteiger partial charge in [-0.05, 0) is 25.0 Å². The van der Waals surface area contributed by atoms with Crippen LogP contribution in [0.25, 0.3) is 6.08 Å². The zero-order chi connectivity index (χ0) is 18.4. The molecule has 2 N–H and O–H groups in total. The Balaban J connectivity index is 2.39. The summed E-state index contributed by atoms with van der Waals surface area (Å²) >= 11 is 0. The van der Waals surface area contributed by atoms with Crippen LogP contribution < -0.4 is 5.73 Å². The normalized spacial score (nSPS) is 13.2. The molecule has 0 saturated carbocycles. The van der Waals surface area contributed by atoms with E-state index in [-0.39, 0.29) is 12.3 Å². The largest absolute Gasteiger partial charge is 0.465 e. The van der Waals surface area contributed by atoms with Crippen molar-refractivity contribution >= 4 is 29.5 Å². The second-order valence-electron chi connectivity index (χ2n) is 5.86. The van der Waals surface area contributed by atoms with Gasteiger partial charge in [0.25, 0.3) is 0 Å². The zero-order valence-corrected chi connectivity index (χ0v) is 14.9. The molecule has 134 valence electrons. The molecule has 0 spiro atoms. The number of carbonyl (C=O) groups is 2. The first-order chi connectivity index (χ1) is 12.0. The molecule has 0 saturated heterocycles. The molecular formula is C18H24N4O3. The summed E-state index contributed by atoms with van der Waals surface area (Å²) in [5.41, 5.74) is 7.80. The van der Waals surface area contributed by atoms with E-state index in [9.17, 15) is 9.59 Å². The minimum absolute atomic E-state index is 0.0476. The van der Waals surface area contributed by atoms with Crippen molar-refractivity contribution in [2.45, 2.75) is 33.1 Å². The van der Waals surface area contributed by atoms with Crippen molar-refractivity contribution in [2.75, 3.05) is 20.2 Å². The van der Waals surface area contributed by atoms with Crippen LogP contribution in [0.1, 0.15) is 49.2 Å². The Morgan fingerprint density at radius 2 is 1.96 bits per heavy atom. The van der Waals surface area contributed by atoms with Crippen LogP contribution in [0.3, 0.4) is 0 Å². The van der Waals surface area contributed by atoms with Gasteiger partial charge in [0, 0.05) is 31.3 Å². The summed E-state index contributed by atoms with van der Waals surface area (Å²) in [6, 6.07) is 1.57. The van der Waals surface area contributed by atoms with Crippen molar-refractivity contribution in [2.24, 2.45) is 10.7 Å². The maximum atomic E-state index is 12.9. The molecular weight excluding hydrogens is 320 g/mol. The molecule has 25 heavy (non-hydrogen) atoms. The molecule has 0 bridgehead atoms. The third kappa shape index (κ3) is 4.43. The zero-order valence-electron chi connectivity index (χ0n) is 14.9. The van der Waals surface area contributed by atoms with Crippen LogP contribution in [-0.2, 0) is 9.53 Å². The quantitative estimate of drug-likeness (QED) is 0.799. The molecule has 0 aromatic carbocycles. The van der Waals surface area contributed by atoms with Crippen molar-refractivity contribution in [1.29, 1.82) is 0 Å². The lowest BCUT2D eigenvalue weighted by molar-refractivity contribution is -0.127. The molecule has 0 radical (unpaired) electrons. The minimum atomic E-state index is -0.495. The van der Waals surface area contributed by atoms with Crippen LogP contribution >= 0.6 is 0 Å². The maximum Gasteiger partial charge on any atom is 0.339 e. The lowest BCUT2D eigenvalue weighted by Crippen LogP contribution is -2.34. The van der Waals surface area contributed by atoms with Gasteiger partial charge in [0.2, 0.25) is 5.91 Å². The number of fused-ring (bicyclic) bond motifs is 1. The lowest BCUT2D eigenvalue weighted by atomic mass is 10.1. The summed E-state index contributed by atoms with van der Waals surface area (Å²) in [6.07, 6.45) is 5.16. The van der Waals surface area contributed by atoms with E-state index >= 15 is 0 Å². The number of aliphatic imine (C=N–C) groups is 1. The fourth-order valence-corrected chi connectivity index (χ4v) is 2.69. The van der Waals surface area contributed by atoms with Crippen molar-refractivity contribution in [3.63, 3.8) is 0 Å². The average Bonchev–Trinajstić information content (AvgIpc) is 2.77. The number of pyridine rings is 1. The van der Waals surface area contributed by atoms with Crippen molar-refractivity contribution in [3.8, 4) is 0 Å². The number of hydrogen-bond acceptors (Lipinski definition) is 6. The van der Waals surface area contributed by atoms with Gasteiger partial charge in [0.15, 0.2) is 0 Å². The summed E-state index contributed by atoms with van der Waals surface area (Å²) in [5.74, 6) is -0.227. The Morgan fingerprint density at radius 1 is 1.28 bits per heavy atom. The predicted octanol–water partition coefficient (Wildman–Crippen LogP) is 2.29. The number of rotatable bonds is 6. The Bertz CT molecular complexity index is 719. The SMILES string of the molecule is CCCN(CCC)C(=O)C1=Cc2ncc(C(=O)OC)cc2N=C(N)C1. The standard InChI is InChI=1S/C18H24N4O3/c1-4-6-22(7-5-2)17(23)12-8-14-15(21-16(19)10-12)9-13(11-20-14)18(24)25-3/h8-9,11H,4-7,10H2,1-3H3,(H2,19,21). The van der Waals surface area contributed by atoms with Gasteiger partial charge in [-0.2, -0.15) is 0 Å². The summed E-state index contributed by atoms with van der Waals surface area (Å²) < 4.78 is 4.70. The summed E-state index contributed by atoms with van der Waals surface area (Å²) in [4.78, 5) is 34.9. The highest BCUT2D eigenvalue weighted by Crippen LogP contribution is 2.26. The third-order valence-corrected chi connectivity index (χ3v) is 3.81. The summed E-state index contributed by atoms with van der Waals surface area (Å²) in [5, 5.41) is 0. The van der Waals surface area contributed by atoms with Crippen molar-refractivity contribution in [3.05, 3.63) is 29.1 Å². The molecule has 0 unspecified atom stereocenters. The van der Waals surface area contributed by atoms with E-state index in [1.807, 2.05) is 18.7 Å². The van der Waals surface area contributed by atoms with E-state index in [1.54, 1.807) is 12.1 Å². The van der Waals surface area contributed by atoms with Crippen molar-refractivity contribution in [1.82, 2.24) is 9.88 Å². The Morgan fingerprint density at radius 3 is 2.56 bits per heavy atom. The van der Waals surface area contributed by atoms with Gasteiger partial charge in [0.1, 0.15) is 5.84 Å². The van der Waals surface area contributed by atoms with Crippen LogP contribution in [-0.4, -0.2) is 47.8 Å². The Kier molecular flexibility index (Phi) is 6.27. The second kappa shape index (κ2) is 8.41. The number of amides is 1. The van der Waals surface area contributed by atoms with E-state index in [2.05, 4.69) is 9.98 Å². The van der Waals surface area contributed by atoms with Crippen LogP contribution in [0.15, 0.2) is 22.8 Å². The maximum absolute atomic E-state index is 12.9. The molecule has 7 heteroatoms. The number of nitrogens with two attached hydrogens (primary N) is 1. The fourth-order valence-electron chi connectivity index (χ4n) is 2.69. The van der Waals surface area contributed by atoms with E-state index in [1.165, 1.54) is 13.3 Å². The van der Waals surface area contributed by atoms with E-state index in [0.29, 0.717) is 41.4 Å². The van der Waals surface area contributed by atoms with Gasteiger partial charge in [0.05, 0.1) is 24.1 Å². The molecule has 1 aliphatic heterocycles. The minimum Gasteiger partial charge on any atom is -0.465 e. The topological polar surface area (TPSA) is 97.9 Å². The van der Waals surface area contributed by atoms with Gasteiger partial charge < -0.3 is 15.4 Å². The fraction of sp³-hybridized carbons (Fsp3) is 0.444. The Labute approximate surface area is 147 Å². The first-order valence-electron chi connectivity index (χ1n) is 8.41. The third-order valence-electron chi connectivity index (χ3n) is 3.81. The molecule has 1 aliphatic rings. The first-order valence-corrected chi connectivity index (χ1v) is 8.41. The molecule has 1 amide bonds. The lowest BCUT2D eigenvalue weighted by Gasteiger charge is -2.22. The molecule has 1 aromatic heterocycles. The Hall–Kier alpha value is -2.70. The average molecular weight is 344 g/mol. The van der Waals surface area contributed by atoms with Crippen LogP contribution in [0.5, 0.6) is 0 Å². The number of ether oxygens (including phenoxy) is 1. The number of aromatic nitrogens is 1. The molecule has 2 heterocycles. The highest BCUT2D eigenvalue weighted by molar-refractivity contribution is 6.05. The predicted molar refractivity (Wildman–Crippen MR) is 96.6 cm³/mol. The van der Waals surface area contributed by atoms with Gasteiger partial charge in [-0.1, -0.05) is 13.8 Å². The first kappa shape index (κ1) is 18.6. The van der Waals surface area contributed by atoms with Gasteiger partial charge in [-0.3, -0.25) is 9.78 Å². The van der Waals surface area contributed by atoms with Gasteiger partial charge >= 0.3 is 5.97 Å².